The van der Waals surface area contributed by atoms with Crippen molar-refractivity contribution < 1.29 is 33.7 Å². The number of hydrogen-bond acceptors (Lipinski definition) is 10. The molecule has 40 heavy (non-hydrogen) atoms. The van der Waals surface area contributed by atoms with Crippen molar-refractivity contribution in [3.63, 3.8) is 0 Å². The van der Waals surface area contributed by atoms with E-state index in [-0.39, 0.29) is 5.75 Å². The van der Waals surface area contributed by atoms with E-state index in [1.165, 1.54) is 77.7 Å². The Bertz CT molecular complexity index is 1140. The normalized spacial score (nSPS) is 22.1. The van der Waals surface area contributed by atoms with Crippen LogP contribution >= 0.6 is 7.75 Å². The second-order valence-corrected chi connectivity index (χ2v) is 11.2. The number of aliphatic hydroxyl groups is 2. The third-order valence-corrected chi connectivity index (χ3v) is 7.75. The molecule has 1 unspecified atom stereocenters. The lowest BCUT2D eigenvalue weighted by Crippen LogP contribution is -2.38. The maximum absolute atomic E-state index is 12.1. The number of imidazole rings is 1. The molecule has 1 fully saturated rings. The summed E-state index contributed by atoms with van der Waals surface area (Å²) < 4.78 is 28.9. The molecule has 2 aromatic heterocycles. The van der Waals surface area contributed by atoms with Gasteiger partial charge < -0.3 is 29.5 Å². The Morgan fingerprint density at radius 1 is 1.07 bits per heavy atom. The number of hydrogen-bond donors (Lipinski definition) is 4. The van der Waals surface area contributed by atoms with Gasteiger partial charge in [0.15, 0.2) is 6.23 Å². The zero-order valence-electron chi connectivity index (χ0n) is 23.7. The third-order valence-electron chi connectivity index (χ3n) is 6.44. The van der Waals surface area contributed by atoms with Crippen LogP contribution in [0.4, 0.5) is 0 Å². The number of aromatic amines is 1. The second-order valence-electron chi connectivity index (χ2n) is 9.54. The Morgan fingerprint density at radius 2 is 1.68 bits per heavy atom. The maximum atomic E-state index is 12.1. The highest BCUT2D eigenvalue weighted by molar-refractivity contribution is 7.51. The van der Waals surface area contributed by atoms with Gasteiger partial charge in [-0.05, 0) is 38.9 Å². The first kappa shape index (κ1) is 33.9. The number of unbranched alkanes of at least 4 members (excludes halogenated alkanes) is 3. The highest BCUT2D eigenvalue weighted by atomic mass is 31.2. The van der Waals surface area contributed by atoms with Crippen LogP contribution in [0.1, 0.15) is 65.5 Å². The lowest BCUT2D eigenvalue weighted by molar-refractivity contribution is -0.0530. The molecular weight excluding hydrogens is 545 g/mol. The summed E-state index contributed by atoms with van der Waals surface area (Å²) in [5, 5.41) is 20.3. The standard InChI is InChI=1S/C13H17N4O9P.C12H27N/c1-24-7-4-17(13(21)15-11(7)20)12-10(19)9(18)8(26-12)5-25-27(22,23)16-3-2-14-6-16;1-4-7-10-13(11-8-5-2)12-9-6-3/h2-4,6,8-10,12,18-19H,5H2,1H3,(H,22,23)(H,15,20,21);4-12H2,1-3H3/t8-,9-,10-,12-;/m1./s1. The molecule has 1 saturated heterocycles. The number of nitrogens with one attached hydrogen (secondary N) is 1. The summed E-state index contributed by atoms with van der Waals surface area (Å²) in [6, 6.07) is 0. The number of H-pyrrole nitrogens is 1. The Hall–Kier alpha value is -2.32. The zero-order valence-corrected chi connectivity index (χ0v) is 24.6. The van der Waals surface area contributed by atoms with Gasteiger partial charge in [0, 0.05) is 12.4 Å². The molecule has 0 aliphatic carbocycles. The Balaban J connectivity index is 0.000000366. The quantitative estimate of drug-likeness (QED) is 0.222. The van der Waals surface area contributed by atoms with E-state index in [0.717, 1.165) is 21.4 Å². The van der Waals surface area contributed by atoms with Crippen LogP contribution in [0.2, 0.25) is 0 Å². The summed E-state index contributed by atoms with van der Waals surface area (Å²) in [4.78, 5) is 41.6. The minimum Gasteiger partial charge on any atom is -0.490 e. The molecule has 0 amide bonds. The van der Waals surface area contributed by atoms with Crippen LogP contribution in [0.15, 0.2) is 34.5 Å². The summed E-state index contributed by atoms with van der Waals surface area (Å²) >= 11 is 0. The monoisotopic (exact) mass is 589 g/mol. The average molecular weight is 590 g/mol. The molecule has 0 saturated carbocycles. The summed E-state index contributed by atoms with van der Waals surface area (Å²) in [7, 11) is -3.06. The van der Waals surface area contributed by atoms with E-state index in [2.05, 4.69) is 30.7 Å². The van der Waals surface area contributed by atoms with Gasteiger partial charge in [0.1, 0.15) is 24.6 Å². The van der Waals surface area contributed by atoms with E-state index in [9.17, 15) is 29.3 Å². The lowest BCUT2D eigenvalue weighted by atomic mass is 10.1. The van der Waals surface area contributed by atoms with Crippen molar-refractivity contribution in [1.29, 1.82) is 0 Å². The van der Waals surface area contributed by atoms with Gasteiger partial charge in [-0.3, -0.25) is 18.9 Å². The fourth-order valence-electron chi connectivity index (χ4n) is 4.02. The fraction of sp³-hybridized carbons (Fsp3) is 0.720. The molecule has 0 bridgehead atoms. The van der Waals surface area contributed by atoms with E-state index >= 15 is 0 Å². The lowest BCUT2D eigenvalue weighted by Gasteiger charge is -2.21. The molecule has 14 nitrogen and oxygen atoms in total. The highest BCUT2D eigenvalue weighted by Gasteiger charge is 2.45. The van der Waals surface area contributed by atoms with Gasteiger partial charge in [0.25, 0.3) is 5.56 Å². The van der Waals surface area contributed by atoms with E-state index in [4.69, 9.17) is 14.0 Å². The van der Waals surface area contributed by atoms with Gasteiger partial charge in [-0.2, -0.15) is 0 Å². The van der Waals surface area contributed by atoms with Crippen LogP contribution in [-0.4, -0.2) is 90.5 Å². The van der Waals surface area contributed by atoms with E-state index in [0.29, 0.717) is 0 Å². The van der Waals surface area contributed by atoms with E-state index in [1.807, 2.05) is 4.98 Å². The van der Waals surface area contributed by atoms with Crippen LogP contribution in [0, 0.1) is 0 Å². The van der Waals surface area contributed by atoms with Crippen molar-refractivity contribution in [3.8, 4) is 5.75 Å². The summed E-state index contributed by atoms with van der Waals surface area (Å²) in [6.45, 7) is 10.2. The minimum atomic E-state index is -4.27. The van der Waals surface area contributed by atoms with Crippen molar-refractivity contribution in [2.24, 2.45) is 0 Å². The summed E-state index contributed by atoms with van der Waals surface area (Å²) in [6.07, 6.45) is 6.99. The molecule has 4 N–H and O–H groups in total. The molecule has 5 atom stereocenters. The summed E-state index contributed by atoms with van der Waals surface area (Å²) in [5.74, 6) is -0.209. The number of ether oxygens (including phenoxy) is 2. The number of methoxy groups -OCH3 is 1. The van der Waals surface area contributed by atoms with Crippen LogP contribution in [-0.2, 0) is 13.8 Å². The van der Waals surface area contributed by atoms with Gasteiger partial charge in [-0.1, -0.05) is 40.0 Å². The molecule has 2 aromatic rings. The first-order valence-corrected chi connectivity index (χ1v) is 15.2. The van der Waals surface area contributed by atoms with Gasteiger partial charge in [0.05, 0.1) is 19.9 Å². The second kappa shape index (κ2) is 16.8. The molecule has 228 valence electrons. The number of aliphatic hydroxyl groups excluding tert-OH is 2. The molecule has 3 heterocycles. The third kappa shape index (κ3) is 9.65. The van der Waals surface area contributed by atoms with Gasteiger partial charge in [0.2, 0.25) is 5.75 Å². The topological polar surface area (TPSA) is 181 Å². The predicted octanol–water partition coefficient (Wildman–Crippen LogP) is 1.71. The smallest absolute Gasteiger partial charge is 0.437 e. The van der Waals surface area contributed by atoms with Crippen LogP contribution < -0.4 is 16.0 Å². The molecule has 15 heteroatoms. The number of nitrogens with zero attached hydrogens (tertiary/aromatic N) is 4. The predicted molar refractivity (Wildman–Crippen MR) is 148 cm³/mol. The Labute approximate surface area is 234 Å². The van der Waals surface area contributed by atoms with E-state index < -0.39 is 50.1 Å². The highest BCUT2D eigenvalue weighted by Crippen LogP contribution is 2.44. The molecular formula is C25H44N5O9P. The first-order chi connectivity index (χ1) is 19.1. The van der Waals surface area contributed by atoms with Gasteiger partial charge in [-0.25, -0.2) is 18.7 Å². The van der Waals surface area contributed by atoms with Gasteiger partial charge >= 0.3 is 13.4 Å². The zero-order chi connectivity index (χ0) is 29.7. The molecule has 0 spiro atoms. The molecule has 0 radical (unpaired) electrons. The van der Waals surface area contributed by atoms with Crippen molar-refractivity contribution in [2.45, 2.75) is 83.8 Å². The number of aromatic nitrogens is 4. The molecule has 1 aliphatic rings. The van der Waals surface area contributed by atoms with Crippen LogP contribution in [0.3, 0.4) is 0 Å². The average Bonchev–Trinajstić information content (AvgIpc) is 3.58. The van der Waals surface area contributed by atoms with Crippen molar-refractivity contribution in [3.05, 3.63) is 45.8 Å². The largest absolute Gasteiger partial charge is 0.490 e. The Kier molecular flexibility index (Phi) is 14.3. The fourth-order valence-corrected chi connectivity index (χ4v) is 4.91. The minimum absolute atomic E-state index is 0.209. The maximum Gasteiger partial charge on any atom is 0.437 e. The molecule has 3 rings (SSSR count). The SMILES string of the molecule is CCCCN(CCCC)CCCC.COc1cn([C@@H]2O[C@H](COP(=O)(O)n3ccnc3)[C@@H](O)[C@H]2O)c(=O)[nH]c1=O. The number of rotatable bonds is 15. The van der Waals surface area contributed by atoms with E-state index in [1.54, 1.807) is 0 Å². The van der Waals surface area contributed by atoms with Gasteiger partial charge in [-0.15, -0.1) is 0 Å². The van der Waals surface area contributed by atoms with Crippen molar-refractivity contribution in [1.82, 2.24) is 23.8 Å². The van der Waals surface area contributed by atoms with Crippen molar-refractivity contribution in [2.75, 3.05) is 33.4 Å². The molecule has 1 aliphatic heterocycles. The Morgan fingerprint density at radius 3 is 2.17 bits per heavy atom. The van der Waals surface area contributed by atoms with Crippen molar-refractivity contribution >= 4 is 7.75 Å². The molecule has 0 aromatic carbocycles. The summed E-state index contributed by atoms with van der Waals surface area (Å²) in [5.41, 5.74) is -1.67. The first-order valence-electron chi connectivity index (χ1n) is 13.7. The van der Waals surface area contributed by atoms with Crippen LogP contribution in [0.25, 0.3) is 0 Å². The van der Waals surface area contributed by atoms with Crippen LogP contribution in [0.5, 0.6) is 5.75 Å².